The highest BCUT2D eigenvalue weighted by Gasteiger charge is 2.30. The molecular weight excluding hydrogens is 280 g/mol. The normalized spacial score (nSPS) is 20.1. The molecular formula is C13H20N2O2S2. The number of rotatable bonds is 5. The molecule has 1 aromatic rings. The third kappa shape index (κ3) is 3.31. The Labute approximate surface area is 119 Å². The topological polar surface area (TPSA) is 63.4 Å². The third-order valence-corrected chi connectivity index (χ3v) is 6.52. The molecule has 4 nitrogen and oxygen atoms in total. The molecule has 0 amide bonds. The van der Waals surface area contributed by atoms with Gasteiger partial charge < -0.3 is 5.73 Å². The van der Waals surface area contributed by atoms with Crippen LogP contribution < -0.4 is 5.73 Å². The van der Waals surface area contributed by atoms with Crippen LogP contribution in [0.2, 0.25) is 0 Å². The minimum atomic E-state index is -3.37. The highest BCUT2D eigenvalue weighted by molar-refractivity contribution is 7.99. The maximum absolute atomic E-state index is 12.5. The van der Waals surface area contributed by atoms with E-state index in [1.54, 1.807) is 19.2 Å². The molecule has 6 heteroatoms. The van der Waals surface area contributed by atoms with E-state index in [4.69, 9.17) is 5.73 Å². The summed E-state index contributed by atoms with van der Waals surface area (Å²) >= 11 is 1.81. The molecule has 1 unspecified atom stereocenters. The summed E-state index contributed by atoms with van der Waals surface area (Å²) in [5, 5.41) is 0. The minimum Gasteiger partial charge on any atom is -0.330 e. The molecule has 1 aliphatic heterocycles. The predicted octanol–water partition coefficient (Wildman–Crippen LogP) is 1.31. The molecule has 0 saturated carbocycles. The molecule has 1 atom stereocenters. The summed E-state index contributed by atoms with van der Waals surface area (Å²) in [5.41, 5.74) is 6.56. The lowest BCUT2D eigenvalue weighted by atomic mass is 10.2. The molecule has 0 aliphatic carbocycles. The lowest BCUT2D eigenvalue weighted by Gasteiger charge is -2.23. The van der Waals surface area contributed by atoms with Crippen molar-refractivity contribution in [1.29, 1.82) is 0 Å². The van der Waals surface area contributed by atoms with Crippen molar-refractivity contribution in [3.8, 4) is 0 Å². The number of sulfonamides is 1. The molecule has 2 rings (SSSR count). The Morgan fingerprint density at radius 2 is 2.05 bits per heavy atom. The SMILES string of the molecule is CN(C1CCSC1)S(=O)(=O)c1ccc(CCN)cc1. The Morgan fingerprint density at radius 1 is 1.37 bits per heavy atom. The van der Waals surface area contributed by atoms with Gasteiger partial charge in [0.1, 0.15) is 0 Å². The first-order chi connectivity index (χ1) is 9.05. The summed E-state index contributed by atoms with van der Waals surface area (Å²) in [6, 6.07) is 7.17. The molecule has 0 aromatic heterocycles. The van der Waals surface area contributed by atoms with E-state index >= 15 is 0 Å². The number of thioether (sulfide) groups is 1. The average Bonchev–Trinajstić information content (AvgIpc) is 2.92. The Morgan fingerprint density at radius 3 is 2.58 bits per heavy atom. The second kappa shape index (κ2) is 6.26. The van der Waals surface area contributed by atoms with Crippen LogP contribution in [0.25, 0.3) is 0 Å². The maximum atomic E-state index is 12.5. The van der Waals surface area contributed by atoms with Gasteiger partial charge in [0.15, 0.2) is 0 Å². The van der Waals surface area contributed by atoms with E-state index in [9.17, 15) is 8.42 Å². The van der Waals surface area contributed by atoms with Gasteiger partial charge in [0.25, 0.3) is 0 Å². The van der Waals surface area contributed by atoms with Crippen molar-refractivity contribution in [3.63, 3.8) is 0 Å². The standard InChI is InChI=1S/C13H20N2O2S2/c1-15(12-7-9-18-10-12)19(16,17)13-4-2-11(3-5-13)6-8-14/h2-5,12H,6-10,14H2,1H3. The first-order valence-corrected chi connectivity index (χ1v) is 9.00. The lowest BCUT2D eigenvalue weighted by molar-refractivity contribution is 0.394. The van der Waals surface area contributed by atoms with Crippen molar-refractivity contribution in [2.75, 3.05) is 25.1 Å². The van der Waals surface area contributed by atoms with Crippen LogP contribution >= 0.6 is 11.8 Å². The van der Waals surface area contributed by atoms with Crippen LogP contribution in [0.15, 0.2) is 29.2 Å². The molecule has 19 heavy (non-hydrogen) atoms. The van der Waals surface area contributed by atoms with Crippen LogP contribution in [0.4, 0.5) is 0 Å². The van der Waals surface area contributed by atoms with Crippen molar-refractivity contribution in [3.05, 3.63) is 29.8 Å². The number of benzene rings is 1. The maximum Gasteiger partial charge on any atom is 0.243 e. The monoisotopic (exact) mass is 300 g/mol. The van der Waals surface area contributed by atoms with Crippen molar-refractivity contribution < 1.29 is 8.42 Å². The van der Waals surface area contributed by atoms with E-state index in [2.05, 4.69) is 0 Å². The molecule has 1 heterocycles. The summed E-state index contributed by atoms with van der Waals surface area (Å²) < 4.78 is 26.5. The molecule has 2 N–H and O–H groups in total. The highest BCUT2D eigenvalue weighted by atomic mass is 32.2. The Balaban J connectivity index is 2.18. The molecule has 0 radical (unpaired) electrons. The first-order valence-electron chi connectivity index (χ1n) is 6.40. The van der Waals surface area contributed by atoms with E-state index in [1.807, 2.05) is 23.9 Å². The lowest BCUT2D eigenvalue weighted by Crippen LogP contribution is -2.36. The Bertz CT molecular complexity index is 508. The smallest absolute Gasteiger partial charge is 0.243 e. The Kier molecular flexibility index (Phi) is 4.89. The van der Waals surface area contributed by atoms with E-state index in [-0.39, 0.29) is 6.04 Å². The van der Waals surface area contributed by atoms with Gasteiger partial charge in [-0.15, -0.1) is 0 Å². The highest BCUT2D eigenvalue weighted by Crippen LogP contribution is 2.26. The molecule has 0 bridgehead atoms. The molecule has 0 spiro atoms. The van der Waals surface area contributed by atoms with Crippen LogP contribution in [0, 0.1) is 0 Å². The summed E-state index contributed by atoms with van der Waals surface area (Å²) in [6.07, 6.45) is 1.71. The van der Waals surface area contributed by atoms with Crippen LogP contribution in [-0.4, -0.2) is 43.9 Å². The minimum absolute atomic E-state index is 0.124. The zero-order valence-electron chi connectivity index (χ0n) is 11.1. The van der Waals surface area contributed by atoms with E-state index in [0.29, 0.717) is 11.4 Å². The van der Waals surface area contributed by atoms with Gasteiger partial charge in [-0.05, 0) is 42.8 Å². The third-order valence-electron chi connectivity index (χ3n) is 3.45. The second-order valence-electron chi connectivity index (χ2n) is 4.72. The molecule has 1 saturated heterocycles. The number of hydrogen-bond donors (Lipinski definition) is 1. The number of hydrogen-bond acceptors (Lipinski definition) is 4. The number of nitrogens with two attached hydrogens (primary N) is 1. The zero-order valence-corrected chi connectivity index (χ0v) is 12.7. The van der Waals surface area contributed by atoms with Gasteiger partial charge in [0.2, 0.25) is 10.0 Å². The fraction of sp³-hybridized carbons (Fsp3) is 0.538. The molecule has 106 valence electrons. The fourth-order valence-corrected chi connectivity index (χ4v) is 4.91. The van der Waals surface area contributed by atoms with Crippen LogP contribution in [0.5, 0.6) is 0 Å². The van der Waals surface area contributed by atoms with Crippen molar-refractivity contribution in [1.82, 2.24) is 4.31 Å². The van der Waals surface area contributed by atoms with Crippen LogP contribution in [0.1, 0.15) is 12.0 Å². The van der Waals surface area contributed by atoms with Crippen molar-refractivity contribution >= 4 is 21.8 Å². The van der Waals surface area contributed by atoms with Crippen LogP contribution in [0.3, 0.4) is 0 Å². The second-order valence-corrected chi connectivity index (χ2v) is 7.87. The quantitative estimate of drug-likeness (QED) is 0.890. The van der Waals surface area contributed by atoms with Crippen LogP contribution in [-0.2, 0) is 16.4 Å². The van der Waals surface area contributed by atoms with Gasteiger partial charge in [-0.3, -0.25) is 0 Å². The van der Waals surface area contributed by atoms with Gasteiger partial charge >= 0.3 is 0 Å². The van der Waals surface area contributed by atoms with Crippen molar-refractivity contribution in [2.24, 2.45) is 5.73 Å². The predicted molar refractivity (Wildman–Crippen MR) is 79.9 cm³/mol. The first kappa shape index (κ1) is 14.8. The molecule has 1 aromatic carbocycles. The molecule has 1 aliphatic rings. The fourth-order valence-electron chi connectivity index (χ4n) is 2.17. The van der Waals surface area contributed by atoms with Crippen molar-refractivity contribution in [2.45, 2.75) is 23.8 Å². The van der Waals surface area contributed by atoms with Gasteiger partial charge in [-0.2, -0.15) is 16.1 Å². The van der Waals surface area contributed by atoms with Gasteiger partial charge in [0.05, 0.1) is 4.90 Å². The van der Waals surface area contributed by atoms with Gasteiger partial charge in [0, 0.05) is 18.8 Å². The van der Waals surface area contributed by atoms with E-state index < -0.39 is 10.0 Å². The Hall–Kier alpha value is -0.560. The largest absolute Gasteiger partial charge is 0.330 e. The zero-order chi connectivity index (χ0) is 13.9. The summed E-state index contributed by atoms with van der Waals surface area (Å²) in [6.45, 7) is 0.575. The molecule has 1 fully saturated rings. The summed E-state index contributed by atoms with van der Waals surface area (Å²) in [5.74, 6) is 1.93. The van der Waals surface area contributed by atoms with E-state index in [1.165, 1.54) is 4.31 Å². The van der Waals surface area contributed by atoms with Gasteiger partial charge in [-0.1, -0.05) is 12.1 Å². The number of nitrogens with zero attached hydrogens (tertiary/aromatic N) is 1. The van der Waals surface area contributed by atoms with Gasteiger partial charge in [-0.25, -0.2) is 8.42 Å². The summed E-state index contributed by atoms with van der Waals surface area (Å²) in [7, 11) is -1.69. The van der Waals surface area contributed by atoms with E-state index in [0.717, 1.165) is 29.9 Å². The average molecular weight is 300 g/mol. The summed E-state index contributed by atoms with van der Waals surface area (Å²) in [4.78, 5) is 0.368.